The Morgan fingerprint density at radius 3 is 2.82 bits per heavy atom. The molecule has 0 fully saturated rings. The quantitative estimate of drug-likeness (QED) is 0.676. The Hall–Kier alpha value is -2.23. The second-order valence-corrected chi connectivity index (χ2v) is 7.15. The number of H-pyrrole nitrogens is 1. The number of primary sulfonamides is 1. The normalized spacial score (nSPS) is 11.5. The third kappa shape index (κ3) is 3.01. The van der Waals surface area contributed by atoms with E-state index in [4.69, 9.17) is 5.14 Å². The van der Waals surface area contributed by atoms with Gasteiger partial charge in [0.1, 0.15) is 0 Å². The van der Waals surface area contributed by atoms with Crippen molar-refractivity contribution in [3.63, 3.8) is 0 Å². The van der Waals surface area contributed by atoms with Crippen LogP contribution in [0, 0.1) is 6.92 Å². The van der Waals surface area contributed by atoms with E-state index in [0.29, 0.717) is 10.9 Å². The highest BCUT2D eigenvalue weighted by molar-refractivity contribution is 7.89. The number of aromatic nitrogens is 3. The van der Waals surface area contributed by atoms with Gasteiger partial charge in [0.2, 0.25) is 10.0 Å². The Morgan fingerprint density at radius 2 is 2.14 bits per heavy atom. The van der Waals surface area contributed by atoms with Gasteiger partial charge >= 0.3 is 0 Å². The van der Waals surface area contributed by atoms with Crippen molar-refractivity contribution in [2.45, 2.75) is 11.8 Å². The first-order chi connectivity index (χ1) is 10.4. The summed E-state index contributed by atoms with van der Waals surface area (Å²) in [5.74, 6) is 0.665. The van der Waals surface area contributed by atoms with Crippen LogP contribution in [-0.2, 0) is 10.0 Å². The molecule has 0 bridgehead atoms. The van der Waals surface area contributed by atoms with E-state index in [9.17, 15) is 8.42 Å². The lowest BCUT2D eigenvalue weighted by Crippen LogP contribution is -2.11. The number of anilines is 2. The molecule has 7 nitrogen and oxygen atoms in total. The van der Waals surface area contributed by atoms with E-state index < -0.39 is 10.0 Å². The molecule has 0 saturated carbocycles. The van der Waals surface area contributed by atoms with Crippen molar-refractivity contribution < 1.29 is 8.42 Å². The van der Waals surface area contributed by atoms with Crippen LogP contribution >= 0.6 is 11.3 Å². The first-order valence-electron chi connectivity index (χ1n) is 6.31. The summed E-state index contributed by atoms with van der Waals surface area (Å²) in [7, 11) is -3.73. The van der Waals surface area contributed by atoms with Crippen molar-refractivity contribution >= 4 is 32.3 Å². The maximum Gasteiger partial charge on any atom is 0.238 e. The summed E-state index contributed by atoms with van der Waals surface area (Å²) in [4.78, 5) is 5.39. The second-order valence-electron chi connectivity index (χ2n) is 4.59. The Labute approximate surface area is 131 Å². The number of thiazole rings is 1. The summed E-state index contributed by atoms with van der Waals surface area (Å²) in [6.07, 6.45) is 1.71. The fourth-order valence-electron chi connectivity index (χ4n) is 1.97. The number of nitrogens with one attached hydrogen (secondary N) is 2. The maximum absolute atomic E-state index is 11.5. The second kappa shape index (κ2) is 5.52. The van der Waals surface area contributed by atoms with E-state index in [-0.39, 0.29) is 4.90 Å². The van der Waals surface area contributed by atoms with Crippen LogP contribution in [0.4, 0.5) is 10.9 Å². The molecule has 0 aliphatic rings. The highest BCUT2D eigenvalue weighted by atomic mass is 32.2. The van der Waals surface area contributed by atoms with Gasteiger partial charge in [-0.15, -0.1) is 0 Å². The molecule has 3 aromatic rings. The first kappa shape index (κ1) is 14.7. The number of hydrogen-bond donors (Lipinski definition) is 3. The third-order valence-electron chi connectivity index (χ3n) is 2.96. The van der Waals surface area contributed by atoms with Gasteiger partial charge in [-0.2, -0.15) is 5.10 Å². The minimum atomic E-state index is -3.73. The molecule has 114 valence electrons. The minimum absolute atomic E-state index is 0.0830. The summed E-state index contributed by atoms with van der Waals surface area (Å²) in [6.45, 7) is 1.87. The Kier molecular flexibility index (Phi) is 3.69. The van der Waals surface area contributed by atoms with Crippen LogP contribution in [0.1, 0.15) is 5.69 Å². The summed E-state index contributed by atoms with van der Waals surface area (Å²) in [5, 5.41) is 15.7. The fraction of sp³-hybridized carbons (Fsp3) is 0.0769. The zero-order valence-corrected chi connectivity index (χ0v) is 13.2. The molecular weight excluding hydrogens is 322 g/mol. The van der Waals surface area contributed by atoms with E-state index in [2.05, 4.69) is 20.5 Å². The van der Waals surface area contributed by atoms with Crippen LogP contribution in [0.15, 0.2) is 41.4 Å². The molecule has 4 N–H and O–H groups in total. The molecule has 0 atom stereocenters. The van der Waals surface area contributed by atoms with Crippen molar-refractivity contribution in [1.29, 1.82) is 0 Å². The maximum atomic E-state index is 11.5. The predicted molar refractivity (Wildman–Crippen MR) is 85.5 cm³/mol. The van der Waals surface area contributed by atoms with Crippen molar-refractivity contribution in [2.24, 2.45) is 5.14 Å². The predicted octanol–water partition coefficient (Wildman–Crippen LogP) is 2.23. The van der Waals surface area contributed by atoms with E-state index in [0.717, 1.165) is 16.1 Å². The lowest BCUT2D eigenvalue weighted by molar-refractivity contribution is 0.598. The molecule has 2 heterocycles. The zero-order valence-electron chi connectivity index (χ0n) is 11.6. The Bertz CT molecular complexity index is 900. The molecule has 0 amide bonds. The van der Waals surface area contributed by atoms with E-state index >= 15 is 0 Å². The smallest absolute Gasteiger partial charge is 0.238 e. The number of rotatable bonds is 4. The highest BCUT2D eigenvalue weighted by Crippen LogP contribution is 2.34. The van der Waals surface area contributed by atoms with Gasteiger partial charge in [-0.05, 0) is 24.6 Å². The number of aryl methyl sites for hydroxylation is 1. The minimum Gasteiger partial charge on any atom is -0.315 e. The molecule has 0 aliphatic heterocycles. The van der Waals surface area contributed by atoms with Crippen LogP contribution < -0.4 is 10.5 Å². The first-order valence-corrected chi connectivity index (χ1v) is 8.67. The van der Waals surface area contributed by atoms with Crippen LogP contribution in [0.5, 0.6) is 0 Å². The molecule has 9 heteroatoms. The van der Waals surface area contributed by atoms with Crippen LogP contribution in [0.2, 0.25) is 0 Å². The molecule has 22 heavy (non-hydrogen) atoms. The molecule has 3 rings (SSSR count). The molecular formula is C13H13N5O2S2. The van der Waals surface area contributed by atoms with Crippen molar-refractivity contribution in [3.8, 4) is 10.4 Å². The summed E-state index contributed by atoms with van der Waals surface area (Å²) >= 11 is 1.42. The third-order valence-corrected chi connectivity index (χ3v) is 4.99. The van der Waals surface area contributed by atoms with E-state index in [1.165, 1.54) is 17.4 Å². The monoisotopic (exact) mass is 335 g/mol. The molecule has 2 aromatic heterocycles. The van der Waals surface area contributed by atoms with Gasteiger partial charge in [-0.25, -0.2) is 18.5 Å². The Morgan fingerprint density at radius 1 is 1.32 bits per heavy atom. The number of benzene rings is 1. The Balaban J connectivity index is 1.97. The molecule has 1 aromatic carbocycles. The van der Waals surface area contributed by atoms with Crippen LogP contribution in [0.25, 0.3) is 10.4 Å². The van der Waals surface area contributed by atoms with Crippen molar-refractivity contribution in [2.75, 3.05) is 5.32 Å². The number of sulfonamides is 1. The highest BCUT2D eigenvalue weighted by Gasteiger charge is 2.14. The molecule has 0 spiro atoms. The summed E-state index contributed by atoms with van der Waals surface area (Å²) in [5.41, 5.74) is 1.56. The average molecular weight is 335 g/mol. The lowest BCUT2D eigenvalue weighted by atomic mass is 10.2. The van der Waals surface area contributed by atoms with Gasteiger partial charge in [0.05, 0.1) is 15.5 Å². The van der Waals surface area contributed by atoms with E-state index in [1.54, 1.807) is 24.4 Å². The largest absolute Gasteiger partial charge is 0.315 e. The number of nitrogens with zero attached hydrogens (tertiary/aromatic N) is 2. The molecule has 0 saturated heterocycles. The number of nitrogens with two attached hydrogens (primary N) is 1. The van der Waals surface area contributed by atoms with Gasteiger partial charge in [-0.1, -0.05) is 23.5 Å². The van der Waals surface area contributed by atoms with Crippen molar-refractivity contribution in [3.05, 3.63) is 42.2 Å². The van der Waals surface area contributed by atoms with Gasteiger partial charge < -0.3 is 5.32 Å². The van der Waals surface area contributed by atoms with Gasteiger partial charge in [0.15, 0.2) is 10.9 Å². The molecule has 0 unspecified atom stereocenters. The lowest BCUT2D eigenvalue weighted by Gasteiger charge is -2.02. The SMILES string of the molecule is Cc1nc(Nc2cc[nH]n2)sc1-c1cccc(S(N)(=O)=O)c1. The van der Waals surface area contributed by atoms with Crippen LogP contribution in [-0.4, -0.2) is 23.6 Å². The standard InChI is InChI=1S/C13H13N5O2S2/c1-8-12(9-3-2-4-10(7-9)22(14,19)20)21-13(16-8)17-11-5-6-15-18-11/h2-7H,1H3,(H2,14,19,20)(H2,15,16,17,18). The summed E-state index contributed by atoms with van der Waals surface area (Å²) < 4.78 is 22.9. The van der Waals surface area contributed by atoms with E-state index in [1.807, 2.05) is 13.0 Å². The topological polar surface area (TPSA) is 114 Å². The van der Waals surface area contributed by atoms with Crippen LogP contribution in [0.3, 0.4) is 0 Å². The molecule has 0 radical (unpaired) electrons. The van der Waals surface area contributed by atoms with Crippen molar-refractivity contribution in [1.82, 2.24) is 15.2 Å². The van der Waals surface area contributed by atoms with Gasteiger partial charge in [0.25, 0.3) is 0 Å². The van der Waals surface area contributed by atoms with Gasteiger partial charge in [-0.3, -0.25) is 5.10 Å². The number of hydrogen-bond acceptors (Lipinski definition) is 6. The fourth-order valence-corrected chi connectivity index (χ4v) is 3.50. The molecule has 0 aliphatic carbocycles. The number of aromatic amines is 1. The summed E-state index contributed by atoms with van der Waals surface area (Å²) in [6, 6.07) is 8.30. The average Bonchev–Trinajstić information content (AvgIpc) is 3.08. The zero-order chi connectivity index (χ0) is 15.7. The van der Waals surface area contributed by atoms with Gasteiger partial charge in [0, 0.05) is 12.3 Å².